The Morgan fingerprint density at radius 1 is 1.21 bits per heavy atom. The average molecular weight is 256 g/mol. The maximum Gasteiger partial charge on any atom is 0.138 e. The molecule has 0 spiro atoms. The molecule has 100 valence electrons. The molecular formula is C15H20N4. The minimum Gasteiger partial charge on any atom is -0.313 e. The number of nitrogens with one attached hydrogen (secondary N) is 1. The van der Waals surface area contributed by atoms with Gasteiger partial charge in [-0.3, -0.25) is 4.57 Å². The van der Waals surface area contributed by atoms with Crippen LogP contribution >= 0.6 is 0 Å². The van der Waals surface area contributed by atoms with Gasteiger partial charge in [-0.15, -0.1) is 0 Å². The van der Waals surface area contributed by atoms with E-state index in [2.05, 4.69) is 38.9 Å². The third-order valence-electron chi connectivity index (χ3n) is 3.98. The number of aryl methyl sites for hydroxylation is 1. The number of aromatic nitrogens is 3. The molecule has 4 nitrogen and oxygen atoms in total. The number of rotatable bonds is 3. The summed E-state index contributed by atoms with van der Waals surface area (Å²) in [4.78, 5) is 9.10. The van der Waals surface area contributed by atoms with Crippen molar-refractivity contribution in [1.82, 2.24) is 19.9 Å². The Bertz CT molecular complexity index is 556. The van der Waals surface area contributed by atoms with Crippen LogP contribution in [-0.2, 0) is 12.8 Å². The van der Waals surface area contributed by atoms with Gasteiger partial charge in [-0.25, -0.2) is 9.97 Å². The van der Waals surface area contributed by atoms with E-state index in [9.17, 15) is 0 Å². The van der Waals surface area contributed by atoms with E-state index in [1.807, 2.05) is 19.6 Å². The van der Waals surface area contributed by atoms with Crippen LogP contribution in [0.15, 0.2) is 24.7 Å². The number of nitrogens with zero attached hydrogens (tertiary/aromatic N) is 3. The highest BCUT2D eigenvalue weighted by molar-refractivity contribution is 5.32. The molecule has 1 unspecified atom stereocenters. The molecule has 4 heteroatoms. The van der Waals surface area contributed by atoms with E-state index >= 15 is 0 Å². The lowest BCUT2D eigenvalue weighted by molar-refractivity contribution is 0.645. The standard InChI is InChI=1S/C15H20N4/c1-11(16-2)12-7-8-15(17-9-12)19-10-18-13-5-3-4-6-14(13)19/h7-11,16H,3-6H2,1-2H3. The van der Waals surface area contributed by atoms with E-state index in [0.717, 1.165) is 18.7 Å². The summed E-state index contributed by atoms with van der Waals surface area (Å²) < 4.78 is 2.14. The second kappa shape index (κ2) is 5.13. The lowest BCUT2D eigenvalue weighted by Crippen LogP contribution is -2.13. The van der Waals surface area contributed by atoms with Gasteiger partial charge in [0.1, 0.15) is 12.1 Å². The topological polar surface area (TPSA) is 42.7 Å². The smallest absolute Gasteiger partial charge is 0.138 e. The molecule has 2 aromatic heterocycles. The Balaban J connectivity index is 1.92. The fourth-order valence-corrected chi connectivity index (χ4v) is 2.63. The first-order chi connectivity index (χ1) is 9.29. The summed E-state index contributed by atoms with van der Waals surface area (Å²) in [7, 11) is 1.96. The Kier molecular flexibility index (Phi) is 3.34. The van der Waals surface area contributed by atoms with Gasteiger partial charge in [0.05, 0.1) is 5.69 Å². The third-order valence-corrected chi connectivity index (χ3v) is 3.98. The number of pyridine rings is 1. The Morgan fingerprint density at radius 2 is 2.05 bits per heavy atom. The first-order valence-corrected chi connectivity index (χ1v) is 6.98. The minimum atomic E-state index is 0.332. The summed E-state index contributed by atoms with van der Waals surface area (Å²) in [5, 5.41) is 3.23. The third kappa shape index (κ3) is 2.28. The van der Waals surface area contributed by atoms with Crippen LogP contribution in [0.4, 0.5) is 0 Å². The second-order valence-electron chi connectivity index (χ2n) is 5.18. The van der Waals surface area contributed by atoms with Gasteiger partial charge >= 0.3 is 0 Å². The Hall–Kier alpha value is -1.68. The van der Waals surface area contributed by atoms with Gasteiger partial charge in [-0.2, -0.15) is 0 Å². The van der Waals surface area contributed by atoms with Crippen molar-refractivity contribution in [1.29, 1.82) is 0 Å². The van der Waals surface area contributed by atoms with Crippen LogP contribution < -0.4 is 5.32 Å². The largest absolute Gasteiger partial charge is 0.313 e. The minimum absolute atomic E-state index is 0.332. The SMILES string of the molecule is CNC(C)c1ccc(-n2cnc3c2CCCC3)nc1. The predicted octanol–water partition coefficient (Wildman–Crippen LogP) is 2.43. The highest BCUT2D eigenvalue weighted by Crippen LogP contribution is 2.22. The highest BCUT2D eigenvalue weighted by atomic mass is 15.1. The molecular weight excluding hydrogens is 236 g/mol. The molecule has 0 saturated heterocycles. The first kappa shape index (κ1) is 12.4. The zero-order chi connectivity index (χ0) is 13.2. The number of hydrogen-bond donors (Lipinski definition) is 1. The second-order valence-corrected chi connectivity index (χ2v) is 5.18. The maximum atomic E-state index is 4.58. The molecule has 2 heterocycles. The van der Waals surface area contributed by atoms with Gasteiger partial charge < -0.3 is 5.32 Å². The van der Waals surface area contributed by atoms with E-state index < -0.39 is 0 Å². The molecule has 0 aliphatic heterocycles. The van der Waals surface area contributed by atoms with Crippen molar-refractivity contribution >= 4 is 0 Å². The van der Waals surface area contributed by atoms with Crippen LogP contribution in [0.1, 0.15) is 42.8 Å². The van der Waals surface area contributed by atoms with Crippen molar-refractivity contribution in [3.63, 3.8) is 0 Å². The van der Waals surface area contributed by atoms with E-state index in [-0.39, 0.29) is 0 Å². The Morgan fingerprint density at radius 3 is 2.79 bits per heavy atom. The van der Waals surface area contributed by atoms with Crippen molar-refractivity contribution in [3.05, 3.63) is 41.6 Å². The molecule has 0 aromatic carbocycles. The van der Waals surface area contributed by atoms with Crippen molar-refractivity contribution in [2.24, 2.45) is 0 Å². The molecule has 1 aliphatic carbocycles. The molecule has 0 fully saturated rings. The lowest BCUT2D eigenvalue weighted by atomic mass is 10.0. The van der Waals surface area contributed by atoms with Gasteiger partial charge in [0, 0.05) is 17.9 Å². The quantitative estimate of drug-likeness (QED) is 0.917. The van der Waals surface area contributed by atoms with Gasteiger partial charge in [-0.1, -0.05) is 6.07 Å². The highest BCUT2D eigenvalue weighted by Gasteiger charge is 2.16. The van der Waals surface area contributed by atoms with Crippen molar-refractivity contribution in [2.45, 2.75) is 38.6 Å². The van der Waals surface area contributed by atoms with E-state index in [4.69, 9.17) is 0 Å². The summed E-state index contributed by atoms with van der Waals surface area (Å²) >= 11 is 0. The van der Waals surface area contributed by atoms with Crippen LogP contribution in [0, 0.1) is 0 Å². The summed E-state index contributed by atoms with van der Waals surface area (Å²) in [5.41, 5.74) is 3.80. The molecule has 1 aliphatic rings. The molecule has 2 aromatic rings. The monoisotopic (exact) mass is 256 g/mol. The average Bonchev–Trinajstić information content (AvgIpc) is 2.90. The normalized spacial score (nSPS) is 16.1. The van der Waals surface area contributed by atoms with Gasteiger partial charge in [-0.05, 0) is 51.3 Å². The molecule has 0 bridgehead atoms. The fraction of sp³-hybridized carbons (Fsp3) is 0.467. The predicted molar refractivity (Wildman–Crippen MR) is 75.5 cm³/mol. The first-order valence-electron chi connectivity index (χ1n) is 6.98. The van der Waals surface area contributed by atoms with E-state index in [1.165, 1.54) is 29.8 Å². The van der Waals surface area contributed by atoms with E-state index in [1.54, 1.807) is 0 Å². The van der Waals surface area contributed by atoms with Crippen molar-refractivity contribution in [3.8, 4) is 5.82 Å². The van der Waals surface area contributed by atoms with Crippen molar-refractivity contribution in [2.75, 3.05) is 7.05 Å². The molecule has 0 saturated carbocycles. The Labute approximate surface area is 113 Å². The summed E-state index contributed by atoms with van der Waals surface area (Å²) in [6.45, 7) is 2.13. The van der Waals surface area contributed by atoms with Crippen LogP contribution in [0.3, 0.4) is 0 Å². The maximum absolute atomic E-state index is 4.58. The van der Waals surface area contributed by atoms with Crippen LogP contribution in [-0.4, -0.2) is 21.6 Å². The van der Waals surface area contributed by atoms with Gasteiger partial charge in [0.2, 0.25) is 0 Å². The molecule has 0 amide bonds. The van der Waals surface area contributed by atoms with Crippen molar-refractivity contribution < 1.29 is 0 Å². The van der Waals surface area contributed by atoms with Gasteiger partial charge in [0.25, 0.3) is 0 Å². The molecule has 0 radical (unpaired) electrons. The molecule has 1 N–H and O–H groups in total. The number of imidazole rings is 1. The van der Waals surface area contributed by atoms with Crippen LogP contribution in [0.2, 0.25) is 0 Å². The van der Waals surface area contributed by atoms with Crippen LogP contribution in [0.5, 0.6) is 0 Å². The number of hydrogen-bond acceptors (Lipinski definition) is 3. The van der Waals surface area contributed by atoms with Gasteiger partial charge in [0.15, 0.2) is 0 Å². The molecule has 1 atom stereocenters. The van der Waals surface area contributed by atoms with E-state index in [0.29, 0.717) is 6.04 Å². The van der Waals surface area contributed by atoms with Crippen LogP contribution in [0.25, 0.3) is 5.82 Å². The molecule has 3 rings (SSSR count). The fourth-order valence-electron chi connectivity index (χ4n) is 2.63. The lowest BCUT2D eigenvalue weighted by Gasteiger charge is -2.14. The summed E-state index contributed by atoms with van der Waals surface area (Å²) in [6, 6.07) is 4.55. The molecule has 19 heavy (non-hydrogen) atoms. The summed E-state index contributed by atoms with van der Waals surface area (Å²) in [6.07, 6.45) is 8.61. The number of fused-ring (bicyclic) bond motifs is 1. The zero-order valence-corrected chi connectivity index (χ0v) is 11.6. The zero-order valence-electron chi connectivity index (χ0n) is 11.6. The summed E-state index contributed by atoms with van der Waals surface area (Å²) in [5.74, 6) is 0.975.